The number of hydrogen-bond acceptors (Lipinski definition) is 8. The molecule has 0 spiro atoms. The molecule has 1 saturated heterocycles. The molecule has 12 heteroatoms. The number of aromatic nitrogens is 3. The molecule has 0 saturated carbocycles. The Morgan fingerprint density at radius 1 is 1.05 bits per heavy atom. The number of anilines is 6. The average molecular weight is 539 g/mol. The summed E-state index contributed by atoms with van der Waals surface area (Å²) in [5, 5.41) is 10.4. The number of aromatic amines is 1. The smallest absolute Gasteiger partial charge is 0.232 e. The normalized spacial score (nSPS) is 14.9. The Balaban J connectivity index is 1.39. The molecule has 2 aromatic carbocycles. The van der Waals surface area contributed by atoms with Crippen LogP contribution < -0.4 is 20.3 Å². The summed E-state index contributed by atoms with van der Waals surface area (Å²) in [7, 11) is 0.118. The lowest BCUT2D eigenvalue weighted by Gasteiger charge is -2.30. The van der Waals surface area contributed by atoms with Gasteiger partial charge < -0.3 is 25.8 Å². The molecule has 0 amide bonds. The molecule has 10 nitrogen and oxygen atoms in total. The van der Waals surface area contributed by atoms with Gasteiger partial charge in [-0.25, -0.2) is 12.8 Å². The van der Waals surface area contributed by atoms with Crippen molar-refractivity contribution in [3.8, 4) is 0 Å². The van der Waals surface area contributed by atoms with Gasteiger partial charge in [-0.3, -0.25) is 4.31 Å². The van der Waals surface area contributed by atoms with E-state index in [1.807, 2.05) is 6.07 Å². The Labute approximate surface area is 221 Å². The van der Waals surface area contributed by atoms with Gasteiger partial charge in [0.2, 0.25) is 16.0 Å². The second kappa shape index (κ2) is 10.5. The number of halogens is 1. The predicted molar refractivity (Wildman–Crippen MR) is 151 cm³/mol. The predicted octanol–water partition coefficient (Wildman–Crippen LogP) is 4.49. The van der Waals surface area contributed by atoms with E-state index in [2.05, 4.69) is 42.8 Å². The van der Waals surface area contributed by atoms with Crippen molar-refractivity contribution in [1.82, 2.24) is 19.9 Å². The molecule has 3 heterocycles. The molecule has 0 bridgehead atoms. The zero-order valence-electron chi connectivity index (χ0n) is 21.5. The molecule has 38 heavy (non-hydrogen) atoms. The minimum Gasteiger partial charge on any atom is -0.380 e. The summed E-state index contributed by atoms with van der Waals surface area (Å²) in [6.45, 7) is 1.98. The minimum atomic E-state index is -3.47. The minimum absolute atomic E-state index is 0.247. The SMILES string of the molecule is CN1CCC(Nc2ccc(Nc3nc(Nc4ccccc4N(C)S(C)(=O)=O)c4cc[nH]c4n3)cc2F)CC1. The Kier molecular flexibility index (Phi) is 7.09. The zero-order valence-corrected chi connectivity index (χ0v) is 22.3. The van der Waals surface area contributed by atoms with E-state index in [1.54, 1.807) is 42.6 Å². The summed E-state index contributed by atoms with van der Waals surface area (Å²) in [5.41, 5.74) is 2.58. The van der Waals surface area contributed by atoms with Gasteiger partial charge in [-0.2, -0.15) is 9.97 Å². The highest BCUT2D eigenvalue weighted by molar-refractivity contribution is 7.92. The van der Waals surface area contributed by atoms with Crippen LogP contribution in [0.25, 0.3) is 11.0 Å². The lowest BCUT2D eigenvalue weighted by molar-refractivity contribution is 0.263. The molecule has 1 aliphatic rings. The van der Waals surface area contributed by atoms with Gasteiger partial charge in [0.1, 0.15) is 17.3 Å². The lowest BCUT2D eigenvalue weighted by atomic mass is 10.1. The summed E-state index contributed by atoms with van der Waals surface area (Å²) in [5.74, 6) is 0.368. The van der Waals surface area contributed by atoms with Crippen molar-refractivity contribution >= 4 is 55.6 Å². The number of benzene rings is 2. The number of para-hydroxylation sites is 2. The van der Waals surface area contributed by atoms with Crippen LogP contribution in [0.1, 0.15) is 12.8 Å². The molecular weight excluding hydrogens is 507 g/mol. The third-order valence-corrected chi connectivity index (χ3v) is 7.90. The number of fused-ring (bicyclic) bond motifs is 1. The van der Waals surface area contributed by atoms with Crippen LogP contribution in [0.15, 0.2) is 54.7 Å². The number of nitrogens with one attached hydrogen (secondary N) is 4. The van der Waals surface area contributed by atoms with Crippen molar-refractivity contribution in [3.05, 3.63) is 60.5 Å². The van der Waals surface area contributed by atoms with Gasteiger partial charge in [0.25, 0.3) is 0 Å². The number of nitrogens with zero attached hydrogens (tertiary/aromatic N) is 4. The molecule has 4 aromatic rings. The van der Waals surface area contributed by atoms with E-state index >= 15 is 0 Å². The number of piperidine rings is 1. The molecular formula is C26H31FN8O2S. The van der Waals surface area contributed by atoms with Gasteiger partial charge in [-0.15, -0.1) is 0 Å². The summed E-state index contributed by atoms with van der Waals surface area (Å²) in [4.78, 5) is 14.5. The first-order chi connectivity index (χ1) is 18.2. The monoisotopic (exact) mass is 538 g/mol. The molecule has 0 atom stereocenters. The molecule has 1 aliphatic heterocycles. The van der Waals surface area contributed by atoms with Gasteiger partial charge in [0.15, 0.2) is 0 Å². The standard InChI is InChI=1S/C26H31FN8O2S/c1-34-14-11-17(12-15-34)29-21-9-8-18(16-20(21)27)30-26-32-24-19(10-13-28-24)25(33-26)31-22-6-4-5-7-23(22)35(2)38(3,36)37/h4-10,13,16-17,29H,11-12,14-15H2,1-3H3,(H3,28,30,31,32,33). The van der Waals surface area contributed by atoms with Crippen LogP contribution in [0.2, 0.25) is 0 Å². The lowest BCUT2D eigenvalue weighted by Crippen LogP contribution is -2.36. The number of sulfonamides is 1. The van der Waals surface area contributed by atoms with Crippen LogP contribution in [-0.4, -0.2) is 67.8 Å². The molecule has 5 rings (SSSR count). The van der Waals surface area contributed by atoms with Gasteiger partial charge in [-0.1, -0.05) is 12.1 Å². The van der Waals surface area contributed by atoms with Crippen LogP contribution in [0.3, 0.4) is 0 Å². The van der Waals surface area contributed by atoms with E-state index in [0.29, 0.717) is 34.2 Å². The summed E-state index contributed by atoms with van der Waals surface area (Å²) >= 11 is 0. The first-order valence-electron chi connectivity index (χ1n) is 12.3. The number of H-pyrrole nitrogens is 1. The van der Waals surface area contributed by atoms with Crippen molar-refractivity contribution in [2.75, 3.05) is 53.7 Å². The van der Waals surface area contributed by atoms with Crippen molar-refractivity contribution in [2.45, 2.75) is 18.9 Å². The highest BCUT2D eigenvalue weighted by Crippen LogP contribution is 2.32. The molecule has 0 aliphatic carbocycles. The molecule has 200 valence electrons. The first-order valence-corrected chi connectivity index (χ1v) is 14.2. The molecule has 2 aromatic heterocycles. The zero-order chi connectivity index (χ0) is 26.9. The Morgan fingerprint density at radius 2 is 1.82 bits per heavy atom. The van der Waals surface area contributed by atoms with Crippen LogP contribution in [0.4, 0.5) is 38.9 Å². The van der Waals surface area contributed by atoms with E-state index in [0.717, 1.165) is 37.6 Å². The summed E-state index contributed by atoms with van der Waals surface area (Å²) in [6, 6.07) is 14.1. The number of rotatable bonds is 8. The van der Waals surface area contributed by atoms with Gasteiger partial charge in [0.05, 0.1) is 28.7 Å². The molecule has 4 N–H and O–H groups in total. The Hall–Kier alpha value is -3.90. The van der Waals surface area contributed by atoms with Gasteiger partial charge in [-0.05, 0) is 69.4 Å². The number of likely N-dealkylation sites (tertiary alicyclic amines) is 1. The second-order valence-electron chi connectivity index (χ2n) is 9.55. The first kappa shape index (κ1) is 25.7. The van der Waals surface area contributed by atoms with E-state index in [9.17, 15) is 12.8 Å². The van der Waals surface area contributed by atoms with E-state index in [4.69, 9.17) is 0 Å². The van der Waals surface area contributed by atoms with Crippen molar-refractivity contribution in [2.24, 2.45) is 0 Å². The third kappa shape index (κ3) is 5.65. The summed E-state index contributed by atoms with van der Waals surface area (Å²) in [6.07, 6.45) is 4.83. The van der Waals surface area contributed by atoms with E-state index in [-0.39, 0.29) is 17.8 Å². The Morgan fingerprint density at radius 3 is 2.55 bits per heavy atom. The maximum Gasteiger partial charge on any atom is 0.232 e. The largest absolute Gasteiger partial charge is 0.380 e. The number of hydrogen-bond donors (Lipinski definition) is 4. The van der Waals surface area contributed by atoms with Crippen molar-refractivity contribution in [1.29, 1.82) is 0 Å². The van der Waals surface area contributed by atoms with E-state index < -0.39 is 10.0 Å². The molecule has 1 fully saturated rings. The fourth-order valence-electron chi connectivity index (χ4n) is 4.46. The Bertz CT molecular complexity index is 1550. The van der Waals surface area contributed by atoms with Crippen molar-refractivity contribution in [3.63, 3.8) is 0 Å². The highest BCUT2D eigenvalue weighted by atomic mass is 32.2. The average Bonchev–Trinajstić information content (AvgIpc) is 3.35. The maximum absolute atomic E-state index is 14.9. The van der Waals surface area contributed by atoms with E-state index in [1.165, 1.54) is 17.4 Å². The molecule has 0 unspecified atom stereocenters. The topological polar surface area (TPSA) is 118 Å². The van der Waals surface area contributed by atoms with Crippen LogP contribution in [-0.2, 0) is 10.0 Å². The highest BCUT2D eigenvalue weighted by Gasteiger charge is 2.19. The van der Waals surface area contributed by atoms with Crippen LogP contribution >= 0.6 is 0 Å². The quantitative estimate of drug-likeness (QED) is 0.259. The fourth-order valence-corrected chi connectivity index (χ4v) is 4.98. The van der Waals surface area contributed by atoms with Gasteiger partial charge >= 0.3 is 0 Å². The van der Waals surface area contributed by atoms with Crippen LogP contribution in [0, 0.1) is 5.82 Å². The van der Waals surface area contributed by atoms with Gasteiger partial charge in [0, 0.05) is 25.0 Å². The van der Waals surface area contributed by atoms with Crippen molar-refractivity contribution < 1.29 is 12.8 Å². The van der Waals surface area contributed by atoms with Crippen LogP contribution in [0.5, 0.6) is 0 Å². The fraction of sp³-hybridized carbons (Fsp3) is 0.308. The second-order valence-corrected chi connectivity index (χ2v) is 11.6. The third-order valence-electron chi connectivity index (χ3n) is 6.71. The molecule has 0 radical (unpaired) electrons. The maximum atomic E-state index is 14.9. The summed E-state index contributed by atoms with van der Waals surface area (Å²) < 4.78 is 40.5.